The van der Waals surface area contributed by atoms with Gasteiger partial charge in [-0.05, 0) is 30.0 Å². The lowest BCUT2D eigenvalue weighted by Gasteiger charge is -2.14. The number of rotatable bonds is 5. The van der Waals surface area contributed by atoms with Crippen LogP contribution in [-0.2, 0) is 9.53 Å². The summed E-state index contributed by atoms with van der Waals surface area (Å²) in [6.07, 6.45) is 0.439. The number of methoxy groups -OCH3 is 2. The van der Waals surface area contributed by atoms with E-state index < -0.39 is 25.7 Å². The number of hydrogen-bond donors (Lipinski definition) is 1. The fourth-order valence-electron chi connectivity index (χ4n) is 2.36. The van der Waals surface area contributed by atoms with E-state index in [2.05, 4.69) is 14.8 Å². The number of nitrogens with one attached hydrogen (secondary N) is 1. The second-order valence-corrected chi connectivity index (χ2v) is 4.60. The largest absolute Gasteiger partial charge is 0.493 e. The number of carbonyl (C=O) groups is 1. The van der Waals surface area contributed by atoms with Crippen LogP contribution in [0.1, 0.15) is 22.0 Å². The van der Waals surface area contributed by atoms with Crippen LogP contribution in [0.2, 0.25) is 0 Å². The second kappa shape index (κ2) is 6.71. The van der Waals surface area contributed by atoms with Gasteiger partial charge in [-0.15, -0.1) is 0 Å². The van der Waals surface area contributed by atoms with E-state index in [4.69, 9.17) is 8.85 Å². The van der Waals surface area contributed by atoms with Gasteiger partial charge in [0, 0.05) is 6.54 Å². The van der Waals surface area contributed by atoms with Crippen molar-refractivity contribution in [3.63, 3.8) is 0 Å². The number of carbonyl (C=O) groups excluding carboxylic acids is 1. The van der Waals surface area contributed by atoms with Crippen molar-refractivity contribution in [3.05, 3.63) is 23.8 Å². The van der Waals surface area contributed by atoms with E-state index in [0.29, 0.717) is 18.5 Å². The predicted molar refractivity (Wildman–Crippen MR) is 70.8 cm³/mol. The van der Waals surface area contributed by atoms with E-state index in [9.17, 15) is 13.6 Å². The summed E-state index contributed by atoms with van der Waals surface area (Å²) in [6.45, 7) is -2.64. The third kappa shape index (κ3) is 3.60. The minimum atomic E-state index is -3.10. The van der Waals surface area contributed by atoms with Crippen LogP contribution >= 0.6 is 0 Å². The van der Waals surface area contributed by atoms with Gasteiger partial charge >= 0.3 is 12.6 Å². The van der Waals surface area contributed by atoms with Gasteiger partial charge in [-0.2, -0.15) is 8.78 Å². The molecule has 0 bridgehead atoms. The zero-order chi connectivity index (χ0) is 17.9. The van der Waals surface area contributed by atoms with Gasteiger partial charge in [0.1, 0.15) is 6.04 Å². The number of alkyl halides is 2. The number of esters is 1. The quantitative estimate of drug-likeness (QED) is 0.842. The van der Waals surface area contributed by atoms with E-state index in [1.54, 1.807) is 0 Å². The molecule has 2 rings (SSSR count). The smallest absolute Gasteiger partial charge is 0.387 e. The molecule has 1 fully saturated rings. The Labute approximate surface area is 125 Å². The second-order valence-electron chi connectivity index (χ2n) is 4.60. The summed E-state index contributed by atoms with van der Waals surface area (Å²) in [5, 5.41) is 2.99. The molecule has 7 heteroatoms. The van der Waals surface area contributed by atoms with Gasteiger partial charge < -0.3 is 19.5 Å². The summed E-state index contributed by atoms with van der Waals surface area (Å²) in [5.74, 6) is -1.17. The van der Waals surface area contributed by atoms with E-state index in [1.165, 1.54) is 25.3 Å². The van der Waals surface area contributed by atoms with Crippen LogP contribution in [0.5, 0.6) is 11.5 Å². The highest BCUT2D eigenvalue weighted by Gasteiger charge is 2.31. The molecule has 1 heterocycles. The van der Waals surface area contributed by atoms with Crippen molar-refractivity contribution in [3.8, 4) is 11.5 Å². The molecule has 2 unspecified atom stereocenters. The maximum atomic E-state index is 12.4. The van der Waals surface area contributed by atoms with Crippen molar-refractivity contribution in [2.75, 3.05) is 20.7 Å². The molecule has 0 saturated carbocycles. The van der Waals surface area contributed by atoms with Crippen LogP contribution < -0.4 is 14.8 Å². The van der Waals surface area contributed by atoms with Crippen molar-refractivity contribution in [1.29, 1.82) is 0 Å². The zero-order valence-electron chi connectivity index (χ0n) is 14.3. The zero-order valence-corrected chi connectivity index (χ0v) is 11.3. The Bertz CT molecular complexity index is 598. The number of ether oxygens (including phenoxy) is 3. The Morgan fingerprint density at radius 1 is 1.48 bits per heavy atom. The summed E-state index contributed by atoms with van der Waals surface area (Å²) >= 11 is 0. The van der Waals surface area contributed by atoms with Crippen molar-refractivity contribution >= 4 is 5.97 Å². The Kier molecular flexibility index (Phi) is 3.75. The molecular weight excluding hydrogens is 284 g/mol. The maximum Gasteiger partial charge on any atom is 0.387 e. The van der Waals surface area contributed by atoms with Crippen molar-refractivity contribution in [1.82, 2.24) is 5.32 Å². The summed E-state index contributed by atoms with van der Waals surface area (Å²) in [5.41, 5.74) is 0.648. The molecule has 0 radical (unpaired) electrons. The van der Waals surface area contributed by atoms with Crippen molar-refractivity contribution in [2.24, 2.45) is 0 Å². The first-order chi connectivity index (χ1) is 11.2. The van der Waals surface area contributed by atoms with E-state index in [0.717, 1.165) is 0 Å². The monoisotopic (exact) mass is 304 g/mol. The predicted octanol–water partition coefficient (Wildman–Crippen LogP) is 1.92. The summed E-state index contributed by atoms with van der Waals surface area (Å²) in [4.78, 5) is 11.5. The van der Waals surface area contributed by atoms with Gasteiger partial charge in [-0.1, -0.05) is 6.07 Å². The number of benzene rings is 1. The van der Waals surface area contributed by atoms with Gasteiger partial charge in [0.15, 0.2) is 11.5 Å². The Balaban J connectivity index is 2.22. The van der Waals surface area contributed by atoms with Crippen LogP contribution in [0.3, 0.4) is 0 Å². The molecule has 1 saturated heterocycles. The molecule has 5 nitrogen and oxygen atoms in total. The first kappa shape index (κ1) is 11.7. The number of hydrogen-bond acceptors (Lipinski definition) is 5. The van der Waals surface area contributed by atoms with Gasteiger partial charge in [0.2, 0.25) is 0 Å². The highest BCUT2D eigenvalue weighted by molar-refractivity contribution is 5.76. The third-order valence-corrected chi connectivity index (χ3v) is 3.38. The fourth-order valence-corrected chi connectivity index (χ4v) is 2.36. The Morgan fingerprint density at radius 2 is 2.29 bits per heavy atom. The molecule has 116 valence electrons. The highest BCUT2D eigenvalue weighted by atomic mass is 19.3. The molecule has 21 heavy (non-hydrogen) atoms. The van der Waals surface area contributed by atoms with E-state index in [-0.39, 0.29) is 17.4 Å². The molecule has 0 aliphatic carbocycles. The van der Waals surface area contributed by atoms with Crippen molar-refractivity contribution in [2.45, 2.75) is 25.0 Å². The molecule has 1 N–H and O–H groups in total. The maximum absolute atomic E-state index is 12.4. The Hall–Kier alpha value is -1.89. The summed E-state index contributed by atoms with van der Waals surface area (Å²) in [6, 6.07) is 3.64. The van der Waals surface area contributed by atoms with Crippen LogP contribution in [0.25, 0.3) is 0 Å². The van der Waals surface area contributed by atoms with Crippen LogP contribution in [-0.4, -0.2) is 39.3 Å². The first-order valence-electron chi connectivity index (χ1n) is 7.78. The first-order valence-corrected chi connectivity index (χ1v) is 6.28. The average Bonchev–Trinajstić information content (AvgIpc) is 2.96. The van der Waals surface area contributed by atoms with Crippen LogP contribution in [0.4, 0.5) is 8.78 Å². The van der Waals surface area contributed by atoms with Crippen molar-refractivity contribution < 1.29 is 31.9 Å². The molecule has 0 aromatic heterocycles. The van der Waals surface area contributed by atoms with Gasteiger partial charge in [0.25, 0.3) is 0 Å². The topological polar surface area (TPSA) is 56.8 Å². The van der Waals surface area contributed by atoms with Crippen LogP contribution in [0.15, 0.2) is 18.2 Å². The normalized spacial score (nSPS) is 24.1. The molecule has 2 atom stereocenters. The molecule has 0 amide bonds. The highest BCUT2D eigenvalue weighted by Crippen LogP contribution is 2.34. The molecular formula is C14H17F2NO4. The Morgan fingerprint density at radius 3 is 2.95 bits per heavy atom. The lowest BCUT2D eigenvalue weighted by atomic mass is 9.96. The SMILES string of the molecule is [2H]C([2H])([2H])Oc1cc(C2CNC(C(=O)OC)C2)ccc1OC(F)F. The van der Waals surface area contributed by atoms with Gasteiger partial charge in [0.05, 0.1) is 18.3 Å². The molecule has 1 aliphatic heterocycles. The molecule has 1 aromatic carbocycles. The average molecular weight is 304 g/mol. The molecule has 1 aromatic rings. The fraction of sp³-hybridized carbons (Fsp3) is 0.500. The molecule has 1 aliphatic rings. The van der Waals surface area contributed by atoms with Gasteiger partial charge in [-0.25, -0.2) is 0 Å². The summed E-state index contributed by atoms with van der Waals surface area (Å²) in [7, 11) is -1.52. The lowest BCUT2D eigenvalue weighted by molar-refractivity contribution is -0.142. The standard InChI is InChI=1S/C14H17F2NO4/c1-19-12-6-8(3-4-11(12)21-14(15)16)9-5-10(17-7-9)13(18)20-2/h3-4,6,9-10,14,17H,5,7H2,1-2H3/i1D3. The van der Waals surface area contributed by atoms with Gasteiger partial charge in [-0.3, -0.25) is 4.79 Å². The summed E-state index contributed by atoms with van der Waals surface area (Å²) < 4.78 is 60.0. The minimum absolute atomic E-state index is 0.117. The van der Waals surface area contributed by atoms with E-state index in [1.807, 2.05) is 0 Å². The molecule has 0 spiro atoms. The minimum Gasteiger partial charge on any atom is -0.493 e. The van der Waals surface area contributed by atoms with Crippen LogP contribution in [0, 0.1) is 0 Å². The lowest BCUT2D eigenvalue weighted by Crippen LogP contribution is -2.31. The van der Waals surface area contributed by atoms with E-state index >= 15 is 0 Å². The number of halogens is 2. The third-order valence-electron chi connectivity index (χ3n) is 3.38.